The van der Waals surface area contributed by atoms with Crippen LogP contribution in [0.3, 0.4) is 0 Å². The maximum atomic E-state index is 5.64. The molecule has 0 fully saturated rings. The van der Waals surface area contributed by atoms with Crippen molar-refractivity contribution in [1.29, 1.82) is 0 Å². The zero-order chi connectivity index (χ0) is 10.8. The highest BCUT2D eigenvalue weighted by Crippen LogP contribution is 2.30. The predicted octanol–water partition coefficient (Wildman–Crippen LogP) is 2.98. The first-order valence-electron chi connectivity index (χ1n) is 4.81. The Morgan fingerprint density at radius 3 is 2.47 bits per heavy atom. The summed E-state index contributed by atoms with van der Waals surface area (Å²) in [7, 11) is 0. The van der Waals surface area contributed by atoms with Crippen molar-refractivity contribution in [3.8, 4) is 11.3 Å². The number of nitrogen functional groups attached to an aromatic ring is 1. The number of nitrogens with zero attached hydrogens (tertiary/aromatic N) is 1. The van der Waals surface area contributed by atoms with Crippen LogP contribution >= 0.6 is 15.9 Å². The van der Waals surface area contributed by atoms with E-state index in [0.717, 1.165) is 22.2 Å². The maximum Gasteiger partial charge on any atom is 0.160 e. The van der Waals surface area contributed by atoms with Gasteiger partial charge in [-0.3, -0.25) is 5.10 Å². The number of hydrogen-bond acceptors (Lipinski definition) is 2. The van der Waals surface area contributed by atoms with E-state index in [-0.39, 0.29) is 0 Å². The van der Waals surface area contributed by atoms with Gasteiger partial charge in [0.2, 0.25) is 0 Å². The van der Waals surface area contributed by atoms with E-state index in [4.69, 9.17) is 5.73 Å². The van der Waals surface area contributed by atoms with Gasteiger partial charge in [-0.2, -0.15) is 5.10 Å². The zero-order valence-corrected chi connectivity index (χ0v) is 10.0. The minimum Gasteiger partial charge on any atom is -0.381 e. The van der Waals surface area contributed by atoms with Gasteiger partial charge < -0.3 is 5.73 Å². The van der Waals surface area contributed by atoms with Crippen LogP contribution in [-0.2, 0) is 6.42 Å². The fourth-order valence-corrected chi connectivity index (χ4v) is 1.85. The number of hydrogen-bond donors (Lipinski definition) is 2. The van der Waals surface area contributed by atoms with Crippen molar-refractivity contribution in [3.63, 3.8) is 0 Å². The average molecular weight is 266 g/mol. The van der Waals surface area contributed by atoms with Gasteiger partial charge in [-0.15, -0.1) is 0 Å². The minimum atomic E-state index is 0.490. The molecular weight excluding hydrogens is 254 g/mol. The predicted molar refractivity (Wildman–Crippen MR) is 65.5 cm³/mol. The lowest BCUT2D eigenvalue weighted by atomic mass is 10.1. The smallest absolute Gasteiger partial charge is 0.160 e. The van der Waals surface area contributed by atoms with E-state index in [0.29, 0.717) is 5.82 Å². The highest BCUT2D eigenvalue weighted by atomic mass is 79.9. The molecule has 0 aliphatic carbocycles. The van der Waals surface area contributed by atoms with E-state index in [2.05, 4.69) is 57.3 Å². The second-order valence-electron chi connectivity index (χ2n) is 3.35. The Morgan fingerprint density at radius 2 is 2.00 bits per heavy atom. The topological polar surface area (TPSA) is 54.7 Å². The van der Waals surface area contributed by atoms with E-state index in [1.807, 2.05) is 0 Å². The quantitative estimate of drug-likeness (QED) is 0.877. The van der Waals surface area contributed by atoms with E-state index in [1.165, 1.54) is 5.56 Å². The molecule has 1 aromatic heterocycles. The molecule has 0 bridgehead atoms. The third kappa shape index (κ3) is 1.90. The number of aromatic nitrogens is 2. The number of nitrogens with one attached hydrogen (secondary N) is 1. The molecule has 0 saturated carbocycles. The van der Waals surface area contributed by atoms with Crippen LogP contribution in [0, 0.1) is 0 Å². The Labute approximate surface area is 96.8 Å². The van der Waals surface area contributed by atoms with Crippen LogP contribution in [0.1, 0.15) is 12.5 Å². The largest absolute Gasteiger partial charge is 0.381 e. The second-order valence-corrected chi connectivity index (χ2v) is 4.14. The molecule has 0 atom stereocenters. The van der Waals surface area contributed by atoms with Gasteiger partial charge in [0.05, 0.1) is 10.2 Å². The molecule has 0 unspecified atom stereocenters. The second kappa shape index (κ2) is 4.06. The number of rotatable bonds is 2. The fraction of sp³-hybridized carbons (Fsp3) is 0.182. The summed E-state index contributed by atoms with van der Waals surface area (Å²) in [6, 6.07) is 8.35. The normalized spacial score (nSPS) is 10.5. The molecule has 2 rings (SSSR count). The summed E-state index contributed by atoms with van der Waals surface area (Å²) in [4.78, 5) is 0. The van der Waals surface area contributed by atoms with Gasteiger partial charge in [-0.1, -0.05) is 31.2 Å². The van der Waals surface area contributed by atoms with E-state index >= 15 is 0 Å². The molecule has 4 heteroatoms. The van der Waals surface area contributed by atoms with Gasteiger partial charge in [0, 0.05) is 5.56 Å². The van der Waals surface area contributed by atoms with Gasteiger partial charge in [-0.25, -0.2) is 0 Å². The van der Waals surface area contributed by atoms with Crippen molar-refractivity contribution < 1.29 is 0 Å². The lowest BCUT2D eigenvalue weighted by Gasteiger charge is -2.00. The zero-order valence-electron chi connectivity index (χ0n) is 8.42. The van der Waals surface area contributed by atoms with Crippen molar-refractivity contribution in [1.82, 2.24) is 10.2 Å². The Hall–Kier alpha value is -1.29. The summed E-state index contributed by atoms with van der Waals surface area (Å²) < 4.78 is 0.826. The molecule has 0 aliphatic rings. The van der Waals surface area contributed by atoms with Gasteiger partial charge in [0.15, 0.2) is 5.82 Å². The number of anilines is 1. The Balaban J connectivity index is 2.41. The van der Waals surface area contributed by atoms with E-state index < -0.39 is 0 Å². The van der Waals surface area contributed by atoms with Crippen LogP contribution in [-0.4, -0.2) is 10.2 Å². The van der Waals surface area contributed by atoms with Gasteiger partial charge in [-0.05, 0) is 27.9 Å². The SMILES string of the molecule is CCc1ccc(-c2[nH]nc(N)c2Br)cc1. The van der Waals surface area contributed by atoms with Crippen molar-refractivity contribution in [2.45, 2.75) is 13.3 Å². The third-order valence-corrected chi connectivity index (χ3v) is 3.19. The van der Waals surface area contributed by atoms with Crippen LogP contribution in [0.15, 0.2) is 28.7 Å². The summed E-state index contributed by atoms with van der Waals surface area (Å²) >= 11 is 3.40. The Bertz CT molecular complexity index is 459. The average Bonchev–Trinajstić information content (AvgIpc) is 2.60. The van der Waals surface area contributed by atoms with Crippen LogP contribution in [0.2, 0.25) is 0 Å². The number of H-pyrrole nitrogens is 1. The lowest BCUT2D eigenvalue weighted by molar-refractivity contribution is 1.10. The van der Waals surface area contributed by atoms with Gasteiger partial charge >= 0.3 is 0 Å². The first-order valence-corrected chi connectivity index (χ1v) is 5.60. The summed E-state index contributed by atoms with van der Waals surface area (Å²) in [5.41, 5.74) is 8.98. The molecule has 0 radical (unpaired) electrons. The monoisotopic (exact) mass is 265 g/mol. The van der Waals surface area contributed by atoms with Crippen LogP contribution in [0.5, 0.6) is 0 Å². The van der Waals surface area contributed by atoms with Crippen molar-refractivity contribution >= 4 is 21.7 Å². The number of benzene rings is 1. The highest BCUT2D eigenvalue weighted by molar-refractivity contribution is 9.10. The number of nitrogens with two attached hydrogens (primary N) is 1. The molecule has 15 heavy (non-hydrogen) atoms. The van der Waals surface area contributed by atoms with Crippen molar-refractivity contribution in [3.05, 3.63) is 34.3 Å². The van der Waals surface area contributed by atoms with Crippen LogP contribution in [0.25, 0.3) is 11.3 Å². The number of aromatic amines is 1. The molecule has 1 aromatic carbocycles. The first kappa shape index (κ1) is 10.2. The summed E-state index contributed by atoms with van der Waals surface area (Å²) in [5.74, 6) is 0.490. The summed E-state index contributed by atoms with van der Waals surface area (Å²) in [6.45, 7) is 2.14. The number of halogens is 1. The molecule has 78 valence electrons. The van der Waals surface area contributed by atoms with Crippen molar-refractivity contribution in [2.75, 3.05) is 5.73 Å². The summed E-state index contributed by atoms with van der Waals surface area (Å²) in [6.07, 6.45) is 1.05. The molecule has 0 amide bonds. The lowest BCUT2D eigenvalue weighted by Crippen LogP contribution is -1.84. The maximum absolute atomic E-state index is 5.64. The van der Waals surface area contributed by atoms with Crippen molar-refractivity contribution in [2.24, 2.45) is 0 Å². The first-order chi connectivity index (χ1) is 7.22. The molecule has 2 aromatic rings. The molecule has 1 heterocycles. The Morgan fingerprint density at radius 1 is 1.33 bits per heavy atom. The molecule has 3 nitrogen and oxygen atoms in total. The van der Waals surface area contributed by atoms with E-state index in [9.17, 15) is 0 Å². The molecule has 0 saturated heterocycles. The van der Waals surface area contributed by atoms with Crippen LogP contribution < -0.4 is 5.73 Å². The summed E-state index contributed by atoms with van der Waals surface area (Å²) in [5, 5.41) is 6.85. The Kier molecular flexibility index (Phi) is 2.77. The molecule has 0 spiro atoms. The standard InChI is InChI=1S/C11H12BrN3/c1-2-7-3-5-8(6-4-7)10-9(12)11(13)15-14-10/h3-6H,2H2,1H3,(H3,13,14,15). The van der Waals surface area contributed by atoms with Gasteiger partial charge in [0.25, 0.3) is 0 Å². The molecular formula is C11H12BrN3. The van der Waals surface area contributed by atoms with E-state index in [1.54, 1.807) is 0 Å². The van der Waals surface area contributed by atoms with Crippen LogP contribution in [0.4, 0.5) is 5.82 Å². The third-order valence-electron chi connectivity index (χ3n) is 2.38. The minimum absolute atomic E-state index is 0.490. The highest BCUT2D eigenvalue weighted by Gasteiger charge is 2.08. The number of aryl methyl sites for hydroxylation is 1. The van der Waals surface area contributed by atoms with Gasteiger partial charge in [0.1, 0.15) is 0 Å². The fourth-order valence-electron chi connectivity index (χ4n) is 1.44. The molecule has 0 aliphatic heterocycles. The molecule has 3 N–H and O–H groups in total.